The summed E-state index contributed by atoms with van der Waals surface area (Å²) in [5.41, 5.74) is 2.58. The molecule has 2 N–H and O–H groups in total. The zero-order valence-corrected chi connectivity index (χ0v) is 16.5. The van der Waals surface area contributed by atoms with Crippen molar-refractivity contribution in [1.29, 1.82) is 0 Å². The highest BCUT2D eigenvalue weighted by atomic mass is 15.3. The van der Waals surface area contributed by atoms with Crippen LogP contribution in [0.2, 0.25) is 0 Å². The molecule has 5 heteroatoms. The lowest BCUT2D eigenvalue weighted by Gasteiger charge is -2.24. The largest absolute Gasteiger partial charge is 0.364 e. The van der Waals surface area contributed by atoms with Crippen LogP contribution in [0.15, 0.2) is 41.4 Å². The van der Waals surface area contributed by atoms with Gasteiger partial charge in [0.15, 0.2) is 5.96 Å². The van der Waals surface area contributed by atoms with Crippen LogP contribution in [0, 0.1) is 0 Å². The minimum absolute atomic E-state index is 0.516. The Labute approximate surface area is 163 Å². The molecule has 1 saturated carbocycles. The molecule has 1 aromatic rings. The van der Waals surface area contributed by atoms with Gasteiger partial charge >= 0.3 is 0 Å². The van der Waals surface area contributed by atoms with Crippen molar-refractivity contribution in [1.82, 2.24) is 15.5 Å². The molecule has 0 aromatic heterocycles. The second-order valence-corrected chi connectivity index (χ2v) is 8.03. The van der Waals surface area contributed by atoms with E-state index in [0.717, 1.165) is 38.2 Å². The zero-order chi connectivity index (χ0) is 18.5. The van der Waals surface area contributed by atoms with E-state index >= 15 is 0 Å². The van der Waals surface area contributed by atoms with Crippen LogP contribution < -0.4 is 15.5 Å². The lowest BCUT2D eigenvalue weighted by Crippen LogP contribution is -2.45. The number of aliphatic imine (C=N–C) groups is 1. The van der Waals surface area contributed by atoms with E-state index in [9.17, 15) is 0 Å². The number of guanidine groups is 1. The fourth-order valence-corrected chi connectivity index (χ4v) is 4.59. The third-order valence-corrected chi connectivity index (χ3v) is 6.20. The number of hydrogen-bond donors (Lipinski definition) is 2. The van der Waals surface area contributed by atoms with Gasteiger partial charge < -0.3 is 15.5 Å². The zero-order valence-electron chi connectivity index (χ0n) is 16.5. The van der Waals surface area contributed by atoms with E-state index in [2.05, 4.69) is 61.8 Å². The van der Waals surface area contributed by atoms with Crippen molar-refractivity contribution in [3.63, 3.8) is 0 Å². The summed E-state index contributed by atoms with van der Waals surface area (Å²) in [5, 5.41) is 7.11. The van der Waals surface area contributed by atoms with Gasteiger partial charge in [0.05, 0.1) is 0 Å². The molecule has 2 heterocycles. The van der Waals surface area contributed by atoms with Gasteiger partial charge in [0.2, 0.25) is 0 Å². The highest BCUT2D eigenvalue weighted by Crippen LogP contribution is 2.26. The Hall–Kier alpha value is -2.01. The molecule has 1 aromatic carbocycles. The molecule has 1 atom stereocenters. The van der Waals surface area contributed by atoms with Crippen molar-refractivity contribution in [3.8, 4) is 0 Å². The Morgan fingerprint density at radius 2 is 1.81 bits per heavy atom. The number of nitrogens with zero attached hydrogens (tertiary/aromatic N) is 3. The van der Waals surface area contributed by atoms with Crippen LogP contribution in [0.1, 0.15) is 37.7 Å². The van der Waals surface area contributed by atoms with Crippen molar-refractivity contribution in [2.45, 2.75) is 50.7 Å². The molecule has 0 spiro atoms. The van der Waals surface area contributed by atoms with Crippen molar-refractivity contribution in [2.75, 3.05) is 38.1 Å². The monoisotopic (exact) mass is 367 g/mol. The highest BCUT2D eigenvalue weighted by Gasteiger charge is 2.30. The first kappa shape index (κ1) is 18.4. The van der Waals surface area contributed by atoms with Crippen molar-refractivity contribution >= 4 is 11.6 Å². The van der Waals surface area contributed by atoms with Crippen LogP contribution in [0.4, 0.5) is 5.69 Å². The summed E-state index contributed by atoms with van der Waals surface area (Å²) in [6.45, 7) is 5.23. The number of hydrogen-bond acceptors (Lipinski definition) is 3. The van der Waals surface area contributed by atoms with E-state index in [1.54, 1.807) is 0 Å². The van der Waals surface area contributed by atoms with Crippen molar-refractivity contribution in [2.24, 2.45) is 4.99 Å². The van der Waals surface area contributed by atoms with Crippen LogP contribution in [0.25, 0.3) is 0 Å². The predicted octanol–water partition coefficient (Wildman–Crippen LogP) is 2.74. The normalized spacial score (nSPS) is 24.1. The molecule has 146 valence electrons. The number of rotatable bonds is 5. The van der Waals surface area contributed by atoms with Gasteiger partial charge in [-0.2, -0.15) is 0 Å². The van der Waals surface area contributed by atoms with E-state index in [-0.39, 0.29) is 0 Å². The van der Waals surface area contributed by atoms with Gasteiger partial charge in [-0.05, 0) is 37.0 Å². The lowest BCUT2D eigenvalue weighted by atomic mass is 10.2. The molecule has 1 saturated heterocycles. The molecule has 0 radical (unpaired) electrons. The molecule has 0 bridgehead atoms. The minimum Gasteiger partial charge on any atom is -0.364 e. The maximum Gasteiger partial charge on any atom is 0.191 e. The van der Waals surface area contributed by atoms with E-state index in [1.165, 1.54) is 49.9 Å². The maximum atomic E-state index is 4.43. The van der Waals surface area contributed by atoms with Gasteiger partial charge in [-0.1, -0.05) is 37.1 Å². The lowest BCUT2D eigenvalue weighted by molar-refractivity contribution is 0.242. The van der Waals surface area contributed by atoms with Crippen LogP contribution >= 0.6 is 0 Å². The summed E-state index contributed by atoms with van der Waals surface area (Å²) in [5.74, 6) is 0.918. The van der Waals surface area contributed by atoms with E-state index < -0.39 is 0 Å². The molecule has 0 amide bonds. The Bertz CT molecular complexity index is 652. The molecule has 5 nitrogen and oxygen atoms in total. The Morgan fingerprint density at radius 1 is 1.07 bits per heavy atom. The molecule has 3 aliphatic rings. The van der Waals surface area contributed by atoms with E-state index in [4.69, 9.17) is 0 Å². The summed E-state index contributed by atoms with van der Waals surface area (Å²) < 4.78 is 0. The third-order valence-electron chi connectivity index (χ3n) is 6.20. The Morgan fingerprint density at radius 3 is 2.52 bits per heavy atom. The molecule has 1 unspecified atom stereocenters. The third kappa shape index (κ3) is 4.64. The van der Waals surface area contributed by atoms with Crippen LogP contribution in [-0.2, 0) is 6.54 Å². The summed E-state index contributed by atoms with van der Waals surface area (Å²) in [4.78, 5) is 9.48. The van der Waals surface area contributed by atoms with E-state index in [1.807, 2.05) is 7.05 Å². The topological polar surface area (TPSA) is 42.9 Å². The smallest absolute Gasteiger partial charge is 0.191 e. The second-order valence-electron chi connectivity index (χ2n) is 8.03. The Balaban J connectivity index is 1.23. The quantitative estimate of drug-likeness (QED) is 0.477. The maximum absolute atomic E-state index is 4.43. The average molecular weight is 368 g/mol. The first-order valence-electron chi connectivity index (χ1n) is 10.5. The minimum atomic E-state index is 0.516. The first-order chi connectivity index (χ1) is 13.3. The molecule has 1 aliphatic carbocycles. The standard InChI is InChI=1S/C22H33N5/c1-23-22(25-19-12-15-27(17-19)20-6-2-3-7-20)24-16-18-8-10-21(11-9-18)26-13-4-5-14-26/h4-5,8-11,19-20H,2-3,6-7,12-17H2,1H3,(H2,23,24,25). The summed E-state index contributed by atoms with van der Waals surface area (Å²) >= 11 is 0. The molecule has 2 aliphatic heterocycles. The van der Waals surface area contributed by atoms with Crippen molar-refractivity contribution in [3.05, 3.63) is 42.0 Å². The fourth-order valence-electron chi connectivity index (χ4n) is 4.59. The van der Waals surface area contributed by atoms with Gasteiger partial charge in [-0.15, -0.1) is 0 Å². The predicted molar refractivity (Wildman–Crippen MR) is 113 cm³/mol. The number of nitrogens with one attached hydrogen (secondary N) is 2. The number of likely N-dealkylation sites (tertiary alicyclic amines) is 1. The van der Waals surface area contributed by atoms with Gasteiger partial charge in [-0.3, -0.25) is 9.89 Å². The number of anilines is 1. The summed E-state index contributed by atoms with van der Waals surface area (Å²) in [6, 6.07) is 10.2. The molecular formula is C22H33N5. The van der Waals surface area contributed by atoms with Gasteiger partial charge in [-0.25, -0.2) is 0 Å². The van der Waals surface area contributed by atoms with Gasteiger partial charge in [0, 0.05) is 57.5 Å². The van der Waals surface area contributed by atoms with Crippen LogP contribution in [0.5, 0.6) is 0 Å². The average Bonchev–Trinajstić information content (AvgIpc) is 3.47. The molecular weight excluding hydrogens is 334 g/mol. The Kier molecular flexibility index (Phi) is 5.97. The molecule has 4 rings (SSSR count). The van der Waals surface area contributed by atoms with Crippen molar-refractivity contribution < 1.29 is 0 Å². The molecule has 27 heavy (non-hydrogen) atoms. The second kappa shape index (κ2) is 8.79. The van der Waals surface area contributed by atoms with Gasteiger partial charge in [0.1, 0.15) is 0 Å². The number of benzene rings is 1. The summed E-state index contributed by atoms with van der Waals surface area (Å²) in [7, 11) is 1.86. The first-order valence-corrected chi connectivity index (χ1v) is 10.5. The van der Waals surface area contributed by atoms with Gasteiger partial charge in [0.25, 0.3) is 0 Å². The summed E-state index contributed by atoms with van der Waals surface area (Å²) in [6.07, 6.45) is 11.3. The fraction of sp³-hybridized carbons (Fsp3) is 0.591. The molecule has 2 fully saturated rings. The van der Waals surface area contributed by atoms with E-state index in [0.29, 0.717) is 6.04 Å². The SMILES string of the molecule is CN=C(NCc1ccc(N2CC=CC2)cc1)NC1CCN(C2CCCC2)C1. The highest BCUT2D eigenvalue weighted by molar-refractivity contribution is 5.80. The van der Waals surface area contributed by atoms with Crippen LogP contribution in [0.3, 0.4) is 0 Å². The van der Waals surface area contributed by atoms with Crippen LogP contribution in [-0.4, -0.2) is 56.2 Å².